The molecule has 0 radical (unpaired) electrons. The van der Waals surface area contributed by atoms with Gasteiger partial charge in [-0.2, -0.15) is 0 Å². The van der Waals surface area contributed by atoms with Gasteiger partial charge in [-0.3, -0.25) is 0 Å². The van der Waals surface area contributed by atoms with E-state index in [0.29, 0.717) is 18.3 Å². The lowest BCUT2D eigenvalue weighted by Gasteiger charge is -2.12. The quantitative estimate of drug-likeness (QED) is 0.892. The molecule has 0 saturated carbocycles. The fraction of sp³-hybridized carbons (Fsp3) is 0.200. The lowest BCUT2D eigenvalue weighted by molar-refractivity contribution is 0.295. The van der Waals surface area contributed by atoms with Crippen LogP contribution in [0.5, 0.6) is 5.75 Å². The Morgan fingerprint density at radius 1 is 1.11 bits per heavy atom. The molecule has 1 aliphatic rings. The van der Waals surface area contributed by atoms with Crippen LogP contribution >= 0.6 is 0 Å². The van der Waals surface area contributed by atoms with Gasteiger partial charge in [0.25, 0.3) is 0 Å². The van der Waals surface area contributed by atoms with Gasteiger partial charge in [-0.05, 0) is 35.9 Å². The number of rotatable bonds is 3. The van der Waals surface area contributed by atoms with E-state index in [0.717, 1.165) is 6.54 Å². The highest BCUT2D eigenvalue weighted by Crippen LogP contribution is 2.31. The van der Waals surface area contributed by atoms with E-state index in [2.05, 4.69) is 17.4 Å². The highest BCUT2D eigenvalue weighted by Gasteiger charge is 2.21. The maximum atomic E-state index is 12.8. The van der Waals surface area contributed by atoms with Crippen LogP contribution in [-0.4, -0.2) is 13.2 Å². The normalized spacial score (nSPS) is 17.1. The first-order chi connectivity index (χ1) is 8.83. The molecule has 1 N–H and O–H groups in total. The van der Waals surface area contributed by atoms with E-state index in [4.69, 9.17) is 4.74 Å². The van der Waals surface area contributed by atoms with Crippen molar-refractivity contribution >= 4 is 5.69 Å². The Kier molecular flexibility index (Phi) is 2.89. The highest BCUT2D eigenvalue weighted by molar-refractivity contribution is 5.57. The van der Waals surface area contributed by atoms with E-state index in [1.54, 1.807) is 12.1 Å². The Labute approximate surface area is 105 Å². The van der Waals surface area contributed by atoms with Crippen molar-refractivity contribution < 1.29 is 9.13 Å². The lowest BCUT2D eigenvalue weighted by atomic mass is 10.0. The molecule has 0 amide bonds. The Bertz CT molecular complexity index is 538. The number of ether oxygens (including phenoxy) is 1. The van der Waals surface area contributed by atoms with Gasteiger partial charge in [-0.1, -0.05) is 18.2 Å². The average molecular weight is 243 g/mol. The minimum Gasteiger partial charge on any atom is -0.493 e. The second-order valence-electron chi connectivity index (χ2n) is 4.43. The lowest BCUT2D eigenvalue weighted by Crippen LogP contribution is -2.12. The summed E-state index contributed by atoms with van der Waals surface area (Å²) in [5.74, 6) is 0.822. The number of halogens is 1. The molecule has 3 rings (SSSR count). The number of hydrogen-bond donors (Lipinski definition) is 1. The Morgan fingerprint density at radius 2 is 1.89 bits per heavy atom. The molecular formula is C15H14FNO. The van der Waals surface area contributed by atoms with E-state index in [1.807, 2.05) is 12.1 Å². The molecule has 0 aromatic heterocycles. The third kappa shape index (κ3) is 2.16. The Morgan fingerprint density at radius 3 is 2.72 bits per heavy atom. The van der Waals surface area contributed by atoms with Gasteiger partial charge >= 0.3 is 0 Å². The van der Waals surface area contributed by atoms with E-state index in [-0.39, 0.29) is 5.82 Å². The van der Waals surface area contributed by atoms with Gasteiger partial charge in [0.1, 0.15) is 11.6 Å². The number of nitrogens with one attached hydrogen (secondary N) is 1. The number of fused-ring (bicyclic) bond motifs is 1. The van der Waals surface area contributed by atoms with Crippen molar-refractivity contribution in [2.24, 2.45) is 0 Å². The maximum absolute atomic E-state index is 12.8. The molecule has 92 valence electrons. The summed E-state index contributed by atoms with van der Waals surface area (Å²) in [7, 11) is 0. The van der Waals surface area contributed by atoms with E-state index >= 15 is 0 Å². The minimum absolute atomic E-state index is 0.241. The summed E-state index contributed by atoms with van der Waals surface area (Å²) in [4.78, 5) is 0. The van der Waals surface area contributed by atoms with Gasteiger partial charge in [0.2, 0.25) is 0 Å². The predicted octanol–water partition coefficient (Wildman–Crippen LogP) is 3.41. The summed E-state index contributed by atoms with van der Waals surface area (Å²) < 4.78 is 18.5. The smallest absolute Gasteiger partial charge is 0.123 e. The number of benzene rings is 2. The second-order valence-corrected chi connectivity index (χ2v) is 4.43. The molecule has 2 aromatic carbocycles. The third-order valence-corrected chi connectivity index (χ3v) is 3.20. The summed E-state index contributed by atoms with van der Waals surface area (Å²) >= 11 is 0. The van der Waals surface area contributed by atoms with Gasteiger partial charge in [-0.15, -0.1) is 0 Å². The number of para-hydroxylation sites is 1. The number of anilines is 1. The molecule has 1 atom stereocenters. The first-order valence-electron chi connectivity index (χ1n) is 6.04. The van der Waals surface area contributed by atoms with Crippen LogP contribution in [0.25, 0.3) is 0 Å². The molecule has 3 heteroatoms. The fourth-order valence-corrected chi connectivity index (χ4v) is 2.23. The van der Waals surface area contributed by atoms with Gasteiger partial charge in [0, 0.05) is 18.2 Å². The van der Waals surface area contributed by atoms with Crippen molar-refractivity contribution in [2.75, 3.05) is 18.5 Å². The summed E-state index contributed by atoms with van der Waals surface area (Å²) in [5, 5.41) is 3.36. The molecule has 0 saturated heterocycles. The van der Waals surface area contributed by atoms with Crippen LogP contribution in [0.3, 0.4) is 0 Å². The molecule has 0 fully saturated rings. The van der Waals surface area contributed by atoms with Crippen LogP contribution in [0.2, 0.25) is 0 Å². The van der Waals surface area contributed by atoms with Crippen LogP contribution in [0.1, 0.15) is 11.5 Å². The molecule has 0 spiro atoms. The summed E-state index contributed by atoms with van der Waals surface area (Å²) in [5.41, 5.74) is 2.48. The molecule has 2 nitrogen and oxygen atoms in total. The highest BCUT2D eigenvalue weighted by atomic mass is 19.1. The zero-order chi connectivity index (χ0) is 12.4. The Balaban J connectivity index is 1.67. The first kappa shape index (κ1) is 11.1. The maximum Gasteiger partial charge on any atom is 0.123 e. The van der Waals surface area contributed by atoms with E-state index in [9.17, 15) is 4.39 Å². The van der Waals surface area contributed by atoms with Crippen molar-refractivity contribution in [3.8, 4) is 5.75 Å². The largest absolute Gasteiger partial charge is 0.493 e. The van der Waals surface area contributed by atoms with Gasteiger partial charge in [0.15, 0.2) is 0 Å². The van der Waals surface area contributed by atoms with Crippen LogP contribution in [-0.2, 0) is 0 Å². The summed E-state index contributed by atoms with van der Waals surface area (Å²) in [6.07, 6.45) is 0. The summed E-state index contributed by atoms with van der Waals surface area (Å²) in [6.45, 7) is 1.50. The van der Waals surface area contributed by atoms with Crippen molar-refractivity contribution in [2.45, 2.75) is 5.92 Å². The zero-order valence-corrected chi connectivity index (χ0v) is 9.90. The monoisotopic (exact) mass is 243 g/mol. The van der Waals surface area contributed by atoms with E-state index < -0.39 is 0 Å². The molecule has 1 heterocycles. The van der Waals surface area contributed by atoms with E-state index in [1.165, 1.54) is 23.4 Å². The van der Waals surface area contributed by atoms with Crippen LogP contribution < -0.4 is 10.1 Å². The van der Waals surface area contributed by atoms with Crippen molar-refractivity contribution in [3.05, 3.63) is 59.9 Å². The average Bonchev–Trinajstić information content (AvgIpc) is 2.82. The SMILES string of the molecule is Fc1ccc(OCC2CNc3ccccc32)cc1. The molecule has 18 heavy (non-hydrogen) atoms. The minimum atomic E-state index is -0.241. The van der Waals surface area contributed by atoms with Crippen molar-refractivity contribution in [1.29, 1.82) is 0 Å². The molecule has 1 aliphatic heterocycles. The summed E-state index contributed by atoms with van der Waals surface area (Å²) in [6, 6.07) is 14.4. The molecule has 2 aromatic rings. The van der Waals surface area contributed by atoms with Gasteiger partial charge < -0.3 is 10.1 Å². The third-order valence-electron chi connectivity index (χ3n) is 3.20. The molecule has 1 unspecified atom stereocenters. The van der Waals surface area contributed by atoms with Gasteiger partial charge in [0.05, 0.1) is 6.61 Å². The molecule has 0 aliphatic carbocycles. The van der Waals surface area contributed by atoms with Gasteiger partial charge in [-0.25, -0.2) is 4.39 Å². The van der Waals surface area contributed by atoms with Crippen molar-refractivity contribution in [3.63, 3.8) is 0 Å². The van der Waals surface area contributed by atoms with Crippen LogP contribution in [0, 0.1) is 5.82 Å². The topological polar surface area (TPSA) is 21.3 Å². The van der Waals surface area contributed by atoms with Crippen LogP contribution in [0.15, 0.2) is 48.5 Å². The standard InChI is InChI=1S/C15H14FNO/c16-12-5-7-13(8-6-12)18-10-11-9-17-15-4-2-1-3-14(11)15/h1-8,11,17H,9-10H2. The molecule has 0 bridgehead atoms. The molecular weight excluding hydrogens is 229 g/mol. The van der Waals surface area contributed by atoms with Crippen LogP contribution in [0.4, 0.5) is 10.1 Å². The predicted molar refractivity (Wildman–Crippen MR) is 69.6 cm³/mol. The van der Waals surface area contributed by atoms with Crippen molar-refractivity contribution in [1.82, 2.24) is 0 Å². The number of hydrogen-bond acceptors (Lipinski definition) is 2. The Hall–Kier alpha value is -2.03. The fourth-order valence-electron chi connectivity index (χ4n) is 2.23. The first-order valence-corrected chi connectivity index (χ1v) is 6.04. The zero-order valence-electron chi connectivity index (χ0n) is 9.90. The second kappa shape index (κ2) is 4.69.